The highest BCUT2D eigenvalue weighted by atomic mass is 16.2. The van der Waals surface area contributed by atoms with Crippen molar-refractivity contribution in [3.63, 3.8) is 0 Å². The summed E-state index contributed by atoms with van der Waals surface area (Å²) in [7, 11) is 3.96. The summed E-state index contributed by atoms with van der Waals surface area (Å²) in [4.78, 5) is 30.5. The number of amides is 1. The van der Waals surface area contributed by atoms with Gasteiger partial charge in [-0.3, -0.25) is 9.78 Å². The van der Waals surface area contributed by atoms with Crippen molar-refractivity contribution < 1.29 is 4.79 Å². The average molecular weight is 367 g/mol. The molecule has 3 rings (SSSR count). The molecular formula is C21H29N5O. The van der Waals surface area contributed by atoms with Gasteiger partial charge in [0.2, 0.25) is 5.91 Å². The fraction of sp³-hybridized carbons (Fsp3) is 0.524. The quantitative estimate of drug-likeness (QED) is 0.832. The van der Waals surface area contributed by atoms with Crippen LogP contribution in [0.3, 0.4) is 0 Å². The van der Waals surface area contributed by atoms with Crippen molar-refractivity contribution in [1.29, 1.82) is 0 Å². The van der Waals surface area contributed by atoms with Gasteiger partial charge in [0.1, 0.15) is 5.82 Å². The summed E-state index contributed by atoms with van der Waals surface area (Å²) in [6.07, 6.45) is 5.56. The molecule has 0 bridgehead atoms. The van der Waals surface area contributed by atoms with E-state index in [2.05, 4.69) is 16.0 Å². The zero-order valence-electron chi connectivity index (χ0n) is 16.9. The molecule has 2 aromatic heterocycles. The Morgan fingerprint density at radius 3 is 2.67 bits per heavy atom. The van der Waals surface area contributed by atoms with Crippen LogP contribution in [0.2, 0.25) is 0 Å². The van der Waals surface area contributed by atoms with Crippen LogP contribution in [0.15, 0.2) is 30.6 Å². The number of nitrogens with zero attached hydrogens (tertiary/aromatic N) is 5. The molecule has 0 unspecified atom stereocenters. The minimum atomic E-state index is -0.358. The van der Waals surface area contributed by atoms with Gasteiger partial charge in [-0.2, -0.15) is 0 Å². The monoisotopic (exact) mass is 367 g/mol. The molecule has 0 aromatic carbocycles. The smallest absolute Gasteiger partial charge is 0.227 e. The van der Waals surface area contributed by atoms with Crippen LogP contribution in [0.5, 0.6) is 0 Å². The second kappa shape index (κ2) is 7.62. The lowest BCUT2D eigenvalue weighted by atomic mass is 9.90. The minimum Gasteiger partial charge on any atom is -0.363 e. The Labute approximate surface area is 161 Å². The Hall–Kier alpha value is -2.50. The van der Waals surface area contributed by atoms with Gasteiger partial charge in [0, 0.05) is 62.5 Å². The Balaban J connectivity index is 1.93. The second-order valence-electron chi connectivity index (χ2n) is 8.45. The molecule has 0 spiro atoms. The third-order valence-electron chi connectivity index (χ3n) is 4.88. The number of rotatable bonds is 3. The highest BCUT2D eigenvalue weighted by molar-refractivity contribution is 5.81. The number of piperidine rings is 1. The number of hydrogen-bond acceptors (Lipinski definition) is 5. The summed E-state index contributed by atoms with van der Waals surface area (Å²) >= 11 is 0. The van der Waals surface area contributed by atoms with E-state index in [-0.39, 0.29) is 17.2 Å². The van der Waals surface area contributed by atoms with E-state index in [1.807, 2.05) is 56.8 Å². The van der Waals surface area contributed by atoms with Crippen LogP contribution in [-0.2, 0) is 4.79 Å². The van der Waals surface area contributed by atoms with Gasteiger partial charge in [-0.25, -0.2) is 9.97 Å². The number of carbonyl (C=O) groups excluding carboxylic acids is 1. The first-order valence-corrected chi connectivity index (χ1v) is 9.52. The fourth-order valence-corrected chi connectivity index (χ4v) is 3.39. The van der Waals surface area contributed by atoms with Gasteiger partial charge >= 0.3 is 0 Å². The molecule has 3 heterocycles. The zero-order valence-corrected chi connectivity index (χ0v) is 16.9. The molecular weight excluding hydrogens is 338 g/mol. The van der Waals surface area contributed by atoms with Crippen LogP contribution in [0.25, 0.3) is 11.4 Å². The first kappa shape index (κ1) is 19.3. The molecule has 1 aliphatic heterocycles. The second-order valence-corrected chi connectivity index (χ2v) is 8.45. The van der Waals surface area contributed by atoms with E-state index in [1.165, 1.54) is 0 Å². The van der Waals surface area contributed by atoms with E-state index in [9.17, 15) is 4.79 Å². The normalized spacial score (nSPS) is 17.7. The molecule has 0 radical (unpaired) electrons. The van der Waals surface area contributed by atoms with Crippen LogP contribution in [-0.4, -0.2) is 52.9 Å². The van der Waals surface area contributed by atoms with Crippen molar-refractivity contribution in [1.82, 2.24) is 19.9 Å². The Kier molecular flexibility index (Phi) is 5.44. The molecule has 1 fully saturated rings. The number of carbonyl (C=O) groups is 1. The molecule has 1 atom stereocenters. The molecule has 0 N–H and O–H groups in total. The van der Waals surface area contributed by atoms with E-state index < -0.39 is 0 Å². The summed E-state index contributed by atoms with van der Waals surface area (Å²) in [6.45, 7) is 7.48. The largest absolute Gasteiger partial charge is 0.363 e. The molecule has 27 heavy (non-hydrogen) atoms. The lowest BCUT2D eigenvalue weighted by Crippen LogP contribution is -2.44. The lowest BCUT2D eigenvalue weighted by molar-refractivity contribution is -0.140. The first-order valence-electron chi connectivity index (χ1n) is 9.52. The maximum atomic E-state index is 12.7. The van der Waals surface area contributed by atoms with Crippen LogP contribution in [0.4, 0.5) is 5.82 Å². The summed E-state index contributed by atoms with van der Waals surface area (Å²) < 4.78 is 0. The number of anilines is 1. The minimum absolute atomic E-state index is 0.210. The molecule has 2 aromatic rings. The summed E-state index contributed by atoms with van der Waals surface area (Å²) in [5, 5.41) is 0. The lowest BCUT2D eigenvalue weighted by Gasteiger charge is -2.36. The van der Waals surface area contributed by atoms with Crippen LogP contribution >= 0.6 is 0 Å². The summed E-state index contributed by atoms with van der Waals surface area (Å²) in [6, 6.07) is 5.92. The number of likely N-dealkylation sites (tertiary alicyclic amines) is 1. The van der Waals surface area contributed by atoms with Gasteiger partial charge in [-0.15, -0.1) is 0 Å². The molecule has 1 aliphatic rings. The number of hydrogen-bond donors (Lipinski definition) is 0. The number of pyridine rings is 1. The van der Waals surface area contributed by atoms with Crippen molar-refractivity contribution in [2.24, 2.45) is 5.41 Å². The third-order valence-corrected chi connectivity index (χ3v) is 4.88. The van der Waals surface area contributed by atoms with Crippen molar-refractivity contribution in [3.05, 3.63) is 36.3 Å². The van der Waals surface area contributed by atoms with E-state index in [4.69, 9.17) is 4.98 Å². The van der Waals surface area contributed by atoms with E-state index >= 15 is 0 Å². The topological polar surface area (TPSA) is 62.2 Å². The van der Waals surface area contributed by atoms with Gasteiger partial charge in [-0.1, -0.05) is 20.8 Å². The molecule has 6 nitrogen and oxygen atoms in total. The molecule has 144 valence electrons. The molecule has 6 heteroatoms. The van der Waals surface area contributed by atoms with Crippen molar-refractivity contribution in [2.45, 2.75) is 39.5 Å². The highest BCUT2D eigenvalue weighted by Crippen LogP contribution is 2.31. The standard InChI is InChI=1S/C21H29N5O/c1-21(2,3)20(27)26-11-7-9-16(14-26)17-12-18(25(4)5)24-19(23-17)15-8-6-10-22-13-15/h6,8,10,12-13,16H,7,9,11,14H2,1-5H3/t16-/m0/s1. The van der Waals surface area contributed by atoms with Gasteiger partial charge in [0.05, 0.1) is 5.69 Å². The van der Waals surface area contributed by atoms with Crippen molar-refractivity contribution in [3.8, 4) is 11.4 Å². The summed E-state index contributed by atoms with van der Waals surface area (Å²) in [5.74, 6) is 1.99. The van der Waals surface area contributed by atoms with Gasteiger partial charge in [-0.05, 0) is 25.0 Å². The first-order chi connectivity index (χ1) is 12.8. The van der Waals surface area contributed by atoms with Crippen molar-refractivity contribution in [2.75, 3.05) is 32.1 Å². The van der Waals surface area contributed by atoms with Gasteiger partial charge in [0.25, 0.3) is 0 Å². The van der Waals surface area contributed by atoms with E-state index in [0.29, 0.717) is 12.4 Å². The molecule has 0 saturated carbocycles. The van der Waals surface area contributed by atoms with Crippen LogP contribution < -0.4 is 4.90 Å². The van der Waals surface area contributed by atoms with Crippen molar-refractivity contribution >= 4 is 11.7 Å². The Bertz CT molecular complexity index is 798. The van der Waals surface area contributed by atoms with E-state index in [0.717, 1.165) is 36.5 Å². The predicted molar refractivity (Wildman–Crippen MR) is 108 cm³/mol. The average Bonchev–Trinajstić information content (AvgIpc) is 2.67. The van der Waals surface area contributed by atoms with Crippen LogP contribution in [0.1, 0.15) is 45.2 Å². The summed E-state index contributed by atoms with van der Waals surface area (Å²) in [5.41, 5.74) is 1.54. The van der Waals surface area contributed by atoms with Gasteiger partial charge < -0.3 is 9.80 Å². The fourth-order valence-electron chi connectivity index (χ4n) is 3.39. The van der Waals surface area contributed by atoms with E-state index in [1.54, 1.807) is 12.4 Å². The maximum absolute atomic E-state index is 12.7. The highest BCUT2D eigenvalue weighted by Gasteiger charge is 2.32. The molecule has 0 aliphatic carbocycles. The molecule has 1 saturated heterocycles. The predicted octanol–water partition coefficient (Wildman–Crippen LogP) is 3.36. The Morgan fingerprint density at radius 2 is 2.04 bits per heavy atom. The molecule has 1 amide bonds. The zero-order chi connectivity index (χ0) is 19.6. The SMILES string of the molecule is CN(C)c1cc([C@H]2CCCN(C(=O)C(C)(C)C)C2)nc(-c2cccnc2)n1. The number of aromatic nitrogens is 3. The van der Waals surface area contributed by atoms with Crippen LogP contribution in [0, 0.1) is 5.41 Å². The third kappa shape index (κ3) is 4.43. The van der Waals surface area contributed by atoms with Gasteiger partial charge in [0.15, 0.2) is 5.82 Å². The maximum Gasteiger partial charge on any atom is 0.227 e. The Morgan fingerprint density at radius 1 is 1.26 bits per heavy atom.